The summed E-state index contributed by atoms with van der Waals surface area (Å²) in [6.45, 7) is 4.82. The van der Waals surface area contributed by atoms with Gasteiger partial charge in [-0.1, -0.05) is 19.1 Å². The lowest BCUT2D eigenvalue weighted by Gasteiger charge is -2.47. The van der Waals surface area contributed by atoms with E-state index in [9.17, 15) is 39.9 Å². The van der Waals surface area contributed by atoms with E-state index in [1.54, 1.807) is 20.8 Å². The Morgan fingerprint density at radius 2 is 1.71 bits per heavy atom. The molecule has 1 fully saturated rings. The lowest BCUT2D eigenvalue weighted by atomic mass is 9.66. The van der Waals surface area contributed by atoms with Gasteiger partial charge in [-0.2, -0.15) is 0 Å². The molecule has 6 unspecified atom stereocenters. The molecule has 7 N–H and O–H groups in total. The van der Waals surface area contributed by atoms with Crippen molar-refractivity contribution in [3.8, 4) is 17.2 Å². The Morgan fingerprint density at radius 1 is 1.07 bits per heavy atom. The van der Waals surface area contributed by atoms with Crippen LogP contribution in [0, 0.1) is 0 Å². The summed E-state index contributed by atoms with van der Waals surface area (Å²) >= 11 is 0. The number of ether oxygens (including phenoxy) is 3. The van der Waals surface area contributed by atoms with Crippen LogP contribution >= 0.6 is 0 Å². The first-order valence-corrected chi connectivity index (χ1v) is 13.3. The second-order valence-electron chi connectivity index (χ2n) is 11.3. The fourth-order valence-electron chi connectivity index (χ4n) is 6.42. The van der Waals surface area contributed by atoms with E-state index < -0.39 is 87.6 Å². The fourth-order valence-corrected chi connectivity index (χ4v) is 6.42. The topological polar surface area (TPSA) is 206 Å². The van der Waals surface area contributed by atoms with Crippen molar-refractivity contribution in [2.24, 2.45) is 5.73 Å². The van der Waals surface area contributed by atoms with Gasteiger partial charge < -0.3 is 45.5 Å². The maximum absolute atomic E-state index is 13.6. The van der Waals surface area contributed by atoms with Crippen LogP contribution in [-0.4, -0.2) is 79.8 Å². The molecule has 1 saturated heterocycles. The number of aliphatic hydroxyl groups is 2. The van der Waals surface area contributed by atoms with Gasteiger partial charge >= 0.3 is 5.97 Å². The number of rotatable bonds is 4. The number of carbonyl (C=O) groups excluding carboxylic acids is 3. The summed E-state index contributed by atoms with van der Waals surface area (Å²) in [5, 5.41) is 55.8. The molecule has 2 aromatic carbocycles. The van der Waals surface area contributed by atoms with Gasteiger partial charge in [-0.25, -0.2) is 0 Å². The maximum atomic E-state index is 13.6. The molecular weight excluding hydrogens is 538 g/mol. The molecule has 5 rings (SSSR count). The fraction of sp³-hybridized carbons (Fsp3) is 0.483. The highest BCUT2D eigenvalue weighted by Crippen LogP contribution is 2.57. The van der Waals surface area contributed by atoms with E-state index in [1.165, 1.54) is 18.2 Å². The number of aliphatic hydroxyl groups excluding tert-OH is 1. The Morgan fingerprint density at radius 3 is 2.32 bits per heavy atom. The van der Waals surface area contributed by atoms with Gasteiger partial charge in [0.1, 0.15) is 23.2 Å². The van der Waals surface area contributed by atoms with Gasteiger partial charge in [0.2, 0.25) is 5.78 Å². The molecule has 41 heavy (non-hydrogen) atoms. The Kier molecular flexibility index (Phi) is 6.91. The number of methoxy groups -OCH3 is 1. The van der Waals surface area contributed by atoms with Crippen LogP contribution in [0.1, 0.15) is 95.0 Å². The summed E-state index contributed by atoms with van der Waals surface area (Å²) < 4.78 is 17.0. The third kappa shape index (κ3) is 4.20. The molecule has 12 nitrogen and oxygen atoms in total. The number of fused-ring (bicyclic) bond motifs is 3. The van der Waals surface area contributed by atoms with Gasteiger partial charge in [0.15, 0.2) is 12.1 Å². The number of carbonyl (C=O) groups is 3. The van der Waals surface area contributed by atoms with Crippen molar-refractivity contribution in [3.63, 3.8) is 0 Å². The van der Waals surface area contributed by atoms with Crippen LogP contribution in [0.25, 0.3) is 0 Å². The molecular formula is C29H33NO11. The minimum Gasteiger partial charge on any atom is -0.507 e. The van der Waals surface area contributed by atoms with E-state index >= 15 is 0 Å². The first-order chi connectivity index (χ1) is 19.2. The van der Waals surface area contributed by atoms with Crippen molar-refractivity contribution < 1.29 is 54.1 Å². The van der Waals surface area contributed by atoms with Crippen LogP contribution in [0.3, 0.4) is 0 Å². The predicted molar refractivity (Wildman–Crippen MR) is 141 cm³/mol. The second kappa shape index (κ2) is 9.78. The Labute approximate surface area is 235 Å². The molecule has 0 saturated carbocycles. The van der Waals surface area contributed by atoms with Crippen molar-refractivity contribution in [2.75, 3.05) is 7.11 Å². The molecule has 1 heterocycles. The zero-order valence-corrected chi connectivity index (χ0v) is 23.0. The van der Waals surface area contributed by atoms with Crippen molar-refractivity contribution in [1.29, 1.82) is 0 Å². The van der Waals surface area contributed by atoms with E-state index in [0.717, 1.165) is 7.11 Å². The van der Waals surface area contributed by atoms with E-state index in [0.29, 0.717) is 0 Å². The summed E-state index contributed by atoms with van der Waals surface area (Å²) in [5.74, 6) is -6.35. The van der Waals surface area contributed by atoms with Crippen LogP contribution in [0.2, 0.25) is 0 Å². The molecule has 2 aromatic rings. The first kappa shape index (κ1) is 29.0. The minimum absolute atomic E-state index is 0.00563. The molecule has 1 aliphatic heterocycles. The quantitative estimate of drug-likeness (QED) is 0.195. The van der Waals surface area contributed by atoms with Crippen molar-refractivity contribution in [1.82, 2.24) is 0 Å². The lowest BCUT2D eigenvalue weighted by molar-refractivity contribution is -0.260. The number of esters is 1. The molecule has 2 aliphatic carbocycles. The highest BCUT2D eigenvalue weighted by atomic mass is 16.7. The predicted octanol–water partition coefficient (Wildman–Crippen LogP) is 1.65. The third-order valence-corrected chi connectivity index (χ3v) is 8.64. The monoisotopic (exact) mass is 571 g/mol. The molecule has 12 heteroatoms. The highest BCUT2D eigenvalue weighted by molar-refractivity contribution is 6.31. The molecule has 0 radical (unpaired) electrons. The largest absolute Gasteiger partial charge is 0.507 e. The maximum Gasteiger partial charge on any atom is 0.316 e. The SMILES string of the molecule is CC[C@@]1(O)CC(OC2CC(C)(N)C(O)C(C)O2)c2c(O)c3c(c(O)c2C1C(=O)OC)C(=O)c1cccc(O)c1C3=O. The number of benzene rings is 2. The Hall–Kier alpha value is -3.55. The molecule has 0 bridgehead atoms. The minimum atomic E-state index is -1.88. The number of phenols is 3. The second-order valence-corrected chi connectivity index (χ2v) is 11.3. The molecule has 0 aromatic heterocycles. The van der Waals surface area contributed by atoms with Gasteiger partial charge in [-0.15, -0.1) is 0 Å². The third-order valence-electron chi connectivity index (χ3n) is 8.64. The van der Waals surface area contributed by atoms with E-state index in [2.05, 4.69) is 0 Å². The molecule has 0 amide bonds. The number of phenolic OH excluding ortho intramolecular Hbond substituents is 3. The normalized spacial score (nSPS) is 32.6. The summed E-state index contributed by atoms with van der Waals surface area (Å²) in [5.41, 5.74) is 1.05. The van der Waals surface area contributed by atoms with Crippen LogP contribution in [0.5, 0.6) is 17.2 Å². The number of hydrogen-bond acceptors (Lipinski definition) is 12. The van der Waals surface area contributed by atoms with Crippen LogP contribution in [0.15, 0.2) is 18.2 Å². The van der Waals surface area contributed by atoms with Crippen LogP contribution < -0.4 is 5.73 Å². The smallest absolute Gasteiger partial charge is 0.316 e. The summed E-state index contributed by atoms with van der Waals surface area (Å²) in [6.07, 6.45) is -4.42. The molecule has 0 spiro atoms. The van der Waals surface area contributed by atoms with Crippen LogP contribution in [0.4, 0.5) is 0 Å². The van der Waals surface area contributed by atoms with E-state index in [4.69, 9.17) is 19.9 Å². The lowest BCUT2D eigenvalue weighted by Crippen LogP contribution is -2.60. The molecule has 3 aliphatic rings. The summed E-state index contributed by atoms with van der Waals surface area (Å²) in [7, 11) is 1.09. The average Bonchev–Trinajstić information content (AvgIpc) is 2.91. The number of ketones is 2. The van der Waals surface area contributed by atoms with E-state index in [-0.39, 0.29) is 41.5 Å². The van der Waals surface area contributed by atoms with Gasteiger partial charge in [0.05, 0.1) is 47.7 Å². The standard InChI is InChI=1S/C29H33NO11/c1-5-29(38)9-14(41-15-10-28(3,30)26(36)11(2)40-15)17-18(21(29)27(37)39-4)25(35)19-20(24(17)34)23(33)16-12(22(19)32)7-6-8-13(16)31/h6-8,11,14-15,21,26,31,34-36,38H,5,9-10,30H2,1-4H3/t11?,14?,15?,21?,26?,28?,29-/m1/s1. The average molecular weight is 572 g/mol. The number of hydrogen-bond donors (Lipinski definition) is 6. The van der Waals surface area contributed by atoms with E-state index in [1.807, 2.05) is 0 Å². The molecule has 7 atom stereocenters. The summed E-state index contributed by atoms with van der Waals surface area (Å²) in [4.78, 5) is 40.3. The van der Waals surface area contributed by atoms with Gasteiger partial charge in [-0.3, -0.25) is 14.4 Å². The van der Waals surface area contributed by atoms with Crippen molar-refractivity contribution >= 4 is 17.5 Å². The van der Waals surface area contributed by atoms with Crippen LogP contribution in [-0.2, 0) is 19.0 Å². The first-order valence-electron chi connectivity index (χ1n) is 13.3. The number of nitrogens with two attached hydrogens (primary N) is 1. The molecule has 220 valence electrons. The Balaban J connectivity index is 1.76. The zero-order valence-electron chi connectivity index (χ0n) is 23.0. The highest BCUT2D eigenvalue weighted by Gasteiger charge is 2.55. The van der Waals surface area contributed by atoms with Gasteiger partial charge in [0.25, 0.3) is 0 Å². The van der Waals surface area contributed by atoms with Crippen molar-refractivity contribution in [2.45, 2.75) is 81.7 Å². The van der Waals surface area contributed by atoms with Gasteiger partial charge in [-0.05, 0) is 26.3 Å². The zero-order chi connectivity index (χ0) is 30.2. The Bertz CT molecular complexity index is 1470. The van der Waals surface area contributed by atoms with Crippen molar-refractivity contribution in [3.05, 3.63) is 51.6 Å². The number of aromatic hydroxyl groups is 3. The summed E-state index contributed by atoms with van der Waals surface area (Å²) in [6, 6.07) is 3.86. The van der Waals surface area contributed by atoms with Gasteiger partial charge in [0, 0.05) is 35.1 Å².